The zero-order valence-corrected chi connectivity index (χ0v) is 12.1. The number of amides is 2. The number of anilines is 1. The Kier molecular flexibility index (Phi) is 7.35. The second-order valence-corrected chi connectivity index (χ2v) is 4.48. The summed E-state index contributed by atoms with van der Waals surface area (Å²) in [7, 11) is 1.63. The van der Waals surface area contributed by atoms with Gasteiger partial charge < -0.3 is 15.4 Å². The van der Waals surface area contributed by atoms with Gasteiger partial charge in [-0.3, -0.25) is 9.59 Å². The van der Waals surface area contributed by atoms with Crippen LogP contribution in [0.15, 0.2) is 24.3 Å². The first kappa shape index (κ1) is 16.2. The van der Waals surface area contributed by atoms with Crippen LogP contribution in [0.4, 0.5) is 5.69 Å². The van der Waals surface area contributed by atoms with E-state index in [1.165, 1.54) is 0 Å². The van der Waals surface area contributed by atoms with Crippen LogP contribution in [-0.2, 0) is 9.53 Å². The van der Waals surface area contributed by atoms with Crippen LogP contribution < -0.4 is 10.6 Å². The highest BCUT2D eigenvalue weighted by atomic mass is 16.5. The maximum Gasteiger partial charge on any atom is 0.251 e. The Labute approximate surface area is 119 Å². The minimum atomic E-state index is -0.146. The third-order valence-electron chi connectivity index (χ3n) is 2.70. The molecule has 0 aliphatic rings. The average Bonchev–Trinajstić information content (AvgIpc) is 2.44. The van der Waals surface area contributed by atoms with Crippen LogP contribution in [0.5, 0.6) is 0 Å². The number of carbonyl (C=O) groups excluding carboxylic acids is 2. The van der Waals surface area contributed by atoms with Crippen molar-refractivity contribution < 1.29 is 14.3 Å². The maximum atomic E-state index is 11.9. The Bertz CT molecular complexity index is 446. The molecular weight excluding hydrogens is 256 g/mol. The van der Waals surface area contributed by atoms with E-state index in [1.807, 2.05) is 6.92 Å². The molecule has 0 bridgehead atoms. The molecule has 20 heavy (non-hydrogen) atoms. The van der Waals surface area contributed by atoms with Gasteiger partial charge in [0.05, 0.1) is 0 Å². The third kappa shape index (κ3) is 5.84. The summed E-state index contributed by atoms with van der Waals surface area (Å²) in [6.07, 6.45) is 2.05. The number of methoxy groups -OCH3 is 1. The molecule has 0 aliphatic carbocycles. The van der Waals surface area contributed by atoms with Crippen LogP contribution in [0.1, 0.15) is 36.5 Å². The van der Waals surface area contributed by atoms with Crippen LogP contribution in [0.3, 0.4) is 0 Å². The number of rotatable bonds is 8. The molecule has 110 valence electrons. The molecule has 0 radical (unpaired) electrons. The Morgan fingerprint density at radius 3 is 2.80 bits per heavy atom. The Morgan fingerprint density at radius 1 is 1.30 bits per heavy atom. The van der Waals surface area contributed by atoms with Crippen LogP contribution in [0.25, 0.3) is 0 Å². The van der Waals surface area contributed by atoms with Gasteiger partial charge in [0.1, 0.15) is 0 Å². The topological polar surface area (TPSA) is 67.4 Å². The maximum absolute atomic E-state index is 11.9. The fourth-order valence-corrected chi connectivity index (χ4v) is 1.71. The predicted octanol–water partition coefficient (Wildman–Crippen LogP) is 2.19. The van der Waals surface area contributed by atoms with Gasteiger partial charge in [0.25, 0.3) is 5.91 Å². The first-order valence-corrected chi connectivity index (χ1v) is 6.84. The number of hydrogen-bond donors (Lipinski definition) is 2. The standard InChI is InChI=1S/C15H22N2O3/c1-3-6-14(18)17-13-8-4-7-12(11-13)15(19)16-9-5-10-20-2/h4,7-8,11H,3,5-6,9-10H2,1-2H3,(H,16,19)(H,17,18). The molecule has 1 aromatic carbocycles. The van der Waals surface area contributed by atoms with Crippen LogP contribution >= 0.6 is 0 Å². The van der Waals surface area contributed by atoms with Gasteiger partial charge in [0, 0.05) is 37.9 Å². The lowest BCUT2D eigenvalue weighted by molar-refractivity contribution is -0.116. The summed E-state index contributed by atoms with van der Waals surface area (Å²) in [5.41, 5.74) is 1.18. The van der Waals surface area contributed by atoms with Crippen molar-refractivity contribution in [3.05, 3.63) is 29.8 Å². The Hall–Kier alpha value is -1.88. The zero-order chi connectivity index (χ0) is 14.8. The fourth-order valence-electron chi connectivity index (χ4n) is 1.71. The van der Waals surface area contributed by atoms with Gasteiger partial charge in [-0.2, -0.15) is 0 Å². The van der Waals surface area contributed by atoms with Gasteiger partial charge in [-0.05, 0) is 31.0 Å². The average molecular weight is 278 g/mol. The molecule has 0 atom stereocenters. The van der Waals surface area contributed by atoms with Crippen LogP contribution in [-0.4, -0.2) is 32.1 Å². The van der Waals surface area contributed by atoms with E-state index in [1.54, 1.807) is 31.4 Å². The van der Waals surface area contributed by atoms with Crippen molar-refractivity contribution in [2.75, 3.05) is 25.6 Å². The van der Waals surface area contributed by atoms with Crippen molar-refractivity contribution in [2.45, 2.75) is 26.2 Å². The number of ether oxygens (including phenoxy) is 1. The molecule has 0 aliphatic heterocycles. The number of carbonyl (C=O) groups is 2. The van der Waals surface area contributed by atoms with Gasteiger partial charge in [-0.1, -0.05) is 13.0 Å². The van der Waals surface area contributed by atoms with Crippen molar-refractivity contribution in [3.8, 4) is 0 Å². The predicted molar refractivity (Wildman–Crippen MR) is 78.8 cm³/mol. The lowest BCUT2D eigenvalue weighted by Crippen LogP contribution is -2.25. The van der Waals surface area contributed by atoms with Crippen molar-refractivity contribution in [2.24, 2.45) is 0 Å². The van der Waals surface area contributed by atoms with Crippen LogP contribution in [0, 0.1) is 0 Å². The molecule has 0 saturated carbocycles. The number of benzene rings is 1. The molecular formula is C15H22N2O3. The van der Waals surface area contributed by atoms with E-state index in [4.69, 9.17) is 4.74 Å². The molecule has 2 amide bonds. The monoisotopic (exact) mass is 278 g/mol. The number of hydrogen-bond acceptors (Lipinski definition) is 3. The fraction of sp³-hybridized carbons (Fsp3) is 0.467. The van der Waals surface area contributed by atoms with Crippen LogP contribution in [0.2, 0.25) is 0 Å². The molecule has 1 rings (SSSR count). The quantitative estimate of drug-likeness (QED) is 0.716. The third-order valence-corrected chi connectivity index (χ3v) is 2.70. The first-order chi connectivity index (χ1) is 9.67. The Balaban J connectivity index is 2.54. The minimum absolute atomic E-state index is 0.0369. The molecule has 0 heterocycles. The van der Waals surface area contributed by atoms with E-state index >= 15 is 0 Å². The van der Waals surface area contributed by atoms with Gasteiger partial charge in [0.15, 0.2) is 0 Å². The van der Waals surface area contributed by atoms with Crippen molar-refractivity contribution in [3.63, 3.8) is 0 Å². The van der Waals surface area contributed by atoms with E-state index in [2.05, 4.69) is 10.6 Å². The smallest absolute Gasteiger partial charge is 0.251 e. The molecule has 1 aromatic rings. The first-order valence-electron chi connectivity index (χ1n) is 6.84. The molecule has 0 spiro atoms. The molecule has 5 nitrogen and oxygen atoms in total. The van der Waals surface area contributed by atoms with E-state index in [-0.39, 0.29) is 11.8 Å². The summed E-state index contributed by atoms with van der Waals surface area (Å²) in [6.45, 7) is 3.13. The summed E-state index contributed by atoms with van der Waals surface area (Å²) in [5, 5.41) is 5.58. The molecule has 2 N–H and O–H groups in total. The summed E-state index contributed by atoms with van der Waals surface area (Å²) in [6, 6.07) is 6.93. The second-order valence-electron chi connectivity index (χ2n) is 4.48. The lowest BCUT2D eigenvalue weighted by Gasteiger charge is -2.08. The minimum Gasteiger partial charge on any atom is -0.385 e. The van der Waals surface area contributed by atoms with Gasteiger partial charge in [-0.25, -0.2) is 0 Å². The molecule has 5 heteroatoms. The van der Waals surface area contributed by atoms with E-state index in [0.717, 1.165) is 12.8 Å². The molecule has 0 saturated heterocycles. The van der Waals surface area contributed by atoms with Gasteiger partial charge >= 0.3 is 0 Å². The zero-order valence-electron chi connectivity index (χ0n) is 12.1. The molecule has 0 fully saturated rings. The van der Waals surface area contributed by atoms with Crippen molar-refractivity contribution >= 4 is 17.5 Å². The highest BCUT2D eigenvalue weighted by molar-refractivity contribution is 5.97. The van der Waals surface area contributed by atoms with E-state index in [0.29, 0.717) is 30.8 Å². The summed E-state index contributed by atoms with van der Waals surface area (Å²) < 4.78 is 4.92. The molecule has 0 aromatic heterocycles. The number of nitrogens with one attached hydrogen (secondary N) is 2. The summed E-state index contributed by atoms with van der Waals surface area (Å²) >= 11 is 0. The lowest BCUT2D eigenvalue weighted by atomic mass is 10.2. The van der Waals surface area contributed by atoms with Gasteiger partial charge in [0.2, 0.25) is 5.91 Å². The highest BCUT2D eigenvalue weighted by Gasteiger charge is 2.07. The Morgan fingerprint density at radius 2 is 2.10 bits per heavy atom. The second kappa shape index (κ2) is 9.09. The van der Waals surface area contributed by atoms with E-state index in [9.17, 15) is 9.59 Å². The SMILES string of the molecule is CCCC(=O)Nc1cccc(C(=O)NCCCOC)c1. The summed E-state index contributed by atoms with van der Waals surface area (Å²) in [4.78, 5) is 23.4. The highest BCUT2D eigenvalue weighted by Crippen LogP contribution is 2.11. The van der Waals surface area contributed by atoms with Crippen molar-refractivity contribution in [1.29, 1.82) is 0 Å². The summed E-state index contributed by atoms with van der Waals surface area (Å²) in [5.74, 6) is -0.183. The van der Waals surface area contributed by atoms with E-state index < -0.39 is 0 Å². The normalized spacial score (nSPS) is 10.1. The largest absolute Gasteiger partial charge is 0.385 e. The molecule has 0 unspecified atom stereocenters. The van der Waals surface area contributed by atoms with Gasteiger partial charge in [-0.15, -0.1) is 0 Å². The van der Waals surface area contributed by atoms with Crippen molar-refractivity contribution in [1.82, 2.24) is 5.32 Å².